The molecule has 0 aromatic heterocycles. The maximum absolute atomic E-state index is 12.6. The number of rotatable bonds is 39. The highest BCUT2D eigenvalue weighted by Gasteiger charge is 2.27. The van der Waals surface area contributed by atoms with Crippen LogP contribution in [0, 0.1) is 0 Å². The second-order valence-corrected chi connectivity index (χ2v) is 16.0. The summed E-state index contributed by atoms with van der Waals surface area (Å²) >= 11 is 0. The zero-order chi connectivity index (χ0) is 45.9. The van der Waals surface area contributed by atoms with Gasteiger partial charge in [0.1, 0.15) is 12.7 Å². The standard InChI is InChI=1S/C48H77O13P/c1-3-5-7-8-9-10-11-12-13-14-15-16-17-18-19-20-21-26-30-36-48(55)61-44(41-60-62(56,57)59-39-43(51)38-49)40-58-47(54)37-31-35-46(53)45(52)34-29-25-23-22-24-28-33-42(50)32-27-6-4-2/h6,9-10,12-13,15-16,18-19,22-25,27-29,33-34,42-46,49-53H,3-5,7-8,11,14,17,20-21,26,30-32,35-41H2,1-2H3,(H,56,57)/b10-9-,13-12-,16-15-,19-18-,24-22+,25-23-,27-6-,33-28+,34-29-/t42-,43+,44-,45+,46+/m1/s1. The number of hydrogen-bond donors (Lipinski definition) is 6. The van der Waals surface area contributed by atoms with Crippen LogP contribution in [0.2, 0.25) is 0 Å². The van der Waals surface area contributed by atoms with Crippen molar-refractivity contribution in [1.29, 1.82) is 0 Å². The topological polar surface area (TPSA) is 210 Å². The van der Waals surface area contributed by atoms with Gasteiger partial charge in [-0.1, -0.05) is 142 Å². The largest absolute Gasteiger partial charge is 0.472 e. The highest BCUT2D eigenvalue weighted by Crippen LogP contribution is 2.43. The van der Waals surface area contributed by atoms with Crippen molar-refractivity contribution in [3.8, 4) is 0 Å². The molecule has 6 atom stereocenters. The molecule has 6 N–H and O–H groups in total. The van der Waals surface area contributed by atoms with E-state index < -0.39 is 76.7 Å². The van der Waals surface area contributed by atoms with E-state index in [1.54, 1.807) is 42.5 Å². The van der Waals surface area contributed by atoms with Gasteiger partial charge in [0.05, 0.1) is 38.1 Å². The molecular weight excluding hydrogens is 815 g/mol. The summed E-state index contributed by atoms with van der Waals surface area (Å²) in [5.74, 6) is -1.31. The molecular formula is C48H77O13P. The minimum atomic E-state index is -4.72. The summed E-state index contributed by atoms with van der Waals surface area (Å²) in [5, 5.41) is 48.7. The Labute approximate surface area is 371 Å². The predicted octanol–water partition coefficient (Wildman–Crippen LogP) is 8.69. The fraction of sp³-hybridized carbons (Fsp3) is 0.583. The molecule has 62 heavy (non-hydrogen) atoms. The Balaban J connectivity index is 4.69. The average Bonchev–Trinajstić information content (AvgIpc) is 3.25. The van der Waals surface area contributed by atoms with Gasteiger partial charge >= 0.3 is 19.8 Å². The number of phosphoric ester groups is 1. The Kier molecular flexibility index (Phi) is 39.2. The van der Waals surface area contributed by atoms with E-state index in [2.05, 4.69) is 60.1 Å². The molecule has 0 aliphatic heterocycles. The van der Waals surface area contributed by atoms with Crippen LogP contribution >= 0.6 is 7.82 Å². The van der Waals surface area contributed by atoms with Crippen molar-refractivity contribution in [2.45, 2.75) is 154 Å². The lowest BCUT2D eigenvalue weighted by molar-refractivity contribution is -0.161. The number of esters is 2. The fourth-order valence-corrected chi connectivity index (χ4v) is 5.99. The Morgan fingerprint density at radius 2 is 1.18 bits per heavy atom. The highest BCUT2D eigenvalue weighted by molar-refractivity contribution is 7.47. The number of unbranched alkanes of at least 4 members (excludes halogenated alkanes) is 6. The average molecular weight is 893 g/mol. The van der Waals surface area contributed by atoms with E-state index in [4.69, 9.17) is 19.1 Å². The lowest BCUT2D eigenvalue weighted by Gasteiger charge is -2.20. The van der Waals surface area contributed by atoms with Crippen LogP contribution in [-0.4, -0.2) is 99.3 Å². The molecule has 0 fully saturated rings. The van der Waals surface area contributed by atoms with Gasteiger partial charge in [-0.25, -0.2) is 4.57 Å². The summed E-state index contributed by atoms with van der Waals surface area (Å²) < 4.78 is 32.5. The molecule has 0 saturated heterocycles. The smallest absolute Gasteiger partial charge is 0.462 e. The van der Waals surface area contributed by atoms with Gasteiger partial charge < -0.3 is 39.9 Å². The molecule has 0 rings (SSSR count). The van der Waals surface area contributed by atoms with E-state index in [-0.39, 0.29) is 25.7 Å². The first-order chi connectivity index (χ1) is 29.9. The van der Waals surface area contributed by atoms with Gasteiger partial charge in [-0.05, 0) is 77.0 Å². The predicted molar refractivity (Wildman–Crippen MR) is 246 cm³/mol. The Bertz CT molecular complexity index is 1450. The number of phosphoric acid groups is 1. The van der Waals surface area contributed by atoms with E-state index >= 15 is 0 Å². The van der Waals surface area contributed by atoms with Crippen molar-refractivity contribution < 1.29 is 63.1 Å². The van der Waals surface area contributed by atoms with Gasteiger partial charge in [-0.2, -0.15) is 0 Å². The first-order valence-corrected chi connectivity index (χ1v) is 23.7. The SMILES string of the molecule is CC/C=C\C[C@@H](O)/C=C/C=C/C=C\C=C/[C@H](O)[C@@H](O)CCCC(=O)OC[C@H](COP(=O)(O)OC[C@@H](O)CO)OC(=O)CCCCC/C=C\C/C=C\C/C=C\C/C=C\CCCCC. The molecule has 0 aliphatic carbocycles. The minimum absolute atomic E-state index is 0.0655. The van der Waals surface area contributed by atoms with E-state index in [0.29, 0.717) is 12.8 Å². The molecule has 0 heterocycles. The molecule has 0 aromatic rings. The van der Waals surface area contributed by atoms with Crippen LogP contribution in [0.15, 0.2) is 109 Å². The molecule has 352 valence electrons. The van der Waals surface area contributed by atoms with Crippen LogP contribution < -0.4 is 0 Å². The summed E-state index contributed by atoms with van der Waals surface area (Å²) in [6.45, 7) is 1.70. The first-order valence-electron chi connectivity index (χ1n) is 22.2. The van der Waals surface area contributed by atoms with E-state index in [9.17, 15) is 39.5 Å². The highest BCUT2D eigenvalue weighted by atomic mass is 31.2. The number of carbonyl (C=O) groups excluding carboxylic acids is 2. The van der Waals surface area contributed by atoms with Gasteiger partial charge in [0.25, 0.3) is 0 Å². The molecule has 0 aromatic carbocycles. The van der Waals surface area contributed by atoms with Gasteiger partial charge in [0.15, 0.2) is 6.10 Å². The zero-order valence-electron chi connectivity index (χ0n) is 37.1. The Hall–Kier alpha value is -3.49. The van der Waals surface area contributed by atoms with E-state index in [0.717, 1.165) is 51.4 Å². The molecule has 0 bridgehead atoms. The van der Waals surface area contributed by atoms with Crippen LogP contribution in [0.5, 0.6) is 0 Å². The normalized spacial score (nSPS) is 16.3. The number of aliphatic hydroxyl groups excluding tert-OH is 5. The lowest BCUT2D eigenvalue weighted by atomic mass is 10.1. The van der Waals surface area contributed by atoms with Crippen LogP contribution in [0.4, 0.5) is 0 Å². The molecule has 0 aliphatic rings. The third-order valence-corrected chi connectivity index (χ3v) is 9.70. The lowest BCUT2D eigenvalue weighted by Crippen LogP contribution is -2.30. The first kappa shape index (κ1) is 58.5. The monoisotopic (exact) mass is 893 g/mol. The number of aliphatic hydroxyl groups is 5. The van der Waals surface area contributed by atoms with Gasteiger partial charge in [-0.3, -0.25) is 18.6 Å². The minimum Gasteiger partial charge on any atom is -0.462 e. The van der Waals surface area contributed by atoms with Crippen LogP contribution in [-0.2, 0) is 32.7 Å². The Morgan fingerprint density at radius 1 is 0.613 bits per heavy atom. The van der Waals surface area contributed by atoms with E-state index in [1.807, 2.05) is 19.1 Å². The fourth-order valence-electron chi connectivity index (χ4n) is 5.20. The second kappa shape index (κ2) is 41.5. The van der Waals surface area contributed by atoms with Gasteiger partial charge in [0, 0.05) is 12.8 Å². The molecule has 0 amide bonds. The molecule has 0 spiro atoms. The van der Waals surface area contributed by atoms with Crippen molar-refractivity contribution in [2.75, 3.05) is 26.4 Å². The van der Waals surface area contributed by atoms with Crippen LogP contribution in [0.25, 0.3) is 0 Å². The molecule has 0 radical (unpaired) electrons. The van der Waals surface area contributed by atoms with E-state index in [1.165, 1.54) is 25.3 Å². The maximum atomic E-state index is 12.6. The summed E-state index contributed by atoms with van der Waals surface area (Å²) in [6.07, 6.45) is 41.4. The van der Waals surface area contributed by atoms with Gasteiger partial charge in [-0.15, -0.1) is 0 Å². The number of carbonyl (C=O) groups is 2. The van der Waals surface area contributed by atoms with Crippen molar-refractivity contribution in [1.82, 2.24) is 0 Å². The number of ether oxygens (including phenoxy) is 2. The summed E-state index contributed by atoms with van der Waals surface area (Å²) in [4.78, 5) is 35.1. The molecule has 13 nitrogen and oxygen atoms in total. The van der Waals surface area contributed by atoms with Crippen molar-refractivity contribution in [3.05, 3.63) is 109 Å². The molecule has 14 heteroatoms. The summed E-state index contributed by atoms with van der Waals surface area (Å²) in [7, 11) is -4.72. The third kappa shape index (κ3) is 39.4. The maximum Gasteiger partial charge on any atom is 0.472 e. The summed E-state index contributed by atoms with van der Waals surface area (Å²) in [5.41, 5.74) is 0. The van der Waals surface area contributed by atoms with Crippen molar-refractivity contribution in [2.24, 2.45) is 0 Å². The Morgan fingerprint density at radius 3 is 1.79 bits per heavy atom. The van der Waals surface area contributed by atoms with Crippen molar-refractivity contribution in [3.63, 3.8) is 0 Å². The molecule has 0 saturated carbocycles. The van der Waals surface area contributed by atoms with Gasteiger partial charge in [0.2, 0.25) is 0 Å². The summed E-state index contributed by atoms with van der Waals surface area (Å²) in [6, 6.07) is 0. The van der Waals surface area contributed by atoms with Crippen molar-refractivity contribution >= 4 is 19.8 Å². The van der Waals surface area contributed by atoms with Crippen LogP contribution in [0.3, 0.4) is 0 Å². The number of hydrogen-bond acceptors (Lipinski definition) is 12. The zero-order valence-corrected chi connectivity index (χ0v) is 38.0. The number of allylic oxidation sites excluding steroid dienone is 15. The quantitative estimate of drug-likeness (QED) is 0.0112. The van der Waals surface area contributed by atoms with Crippen LogP contribution in [0.1, 0.15) is 123 Å². The second-order valence-electron chi connectivity index (χ2n) is 14.6. The third-order valence-electron chi connectivity index (χ3n) is 8.75. The molecule has 1 unspecified atom stereocenters.